The molecule has 0 saturated heterocycles. The maximum atomic E-state index is 15.2. The van der Waals surface area contributed by atoms with Gasteiger partial charge in [-0.2, -0.15) is 0 Å². The second kappa shape index (κ2) is 14.7. The van der Waals surface area contributed by atoms with Crippen LogP contribution in [0.25, 0.3) is 28.0 Å². The first-order valence-electron chi connectivity index (χ1n) is 20.0. The molecule has 9 heteroatoms. The summed E-state index contributed by atoms with van der Waals surface area (Å²) in [5.41, 5.74) is 4.92. The maximum Gasteiger partial charge on any atom is 0.681 e. The van der Waals surface area contributed by atoms with E-state index in [1.807, 2.05) is 98.7 Å². The van der Waals surface area contributed by atoms with Crippen molar-refractivity contribution in [2.45, 2.75) is 111 Å². The first kappa shape index (κ1) is 41.8. The molecule has 0 fully saturated rings. The van der Waals surface area contributed by atoms with E-state index in [1.165, 1.54) is 29.3 Å². The third kappa shape index (κ3) is 8.25. The van der Waals surface area contributed by atoms with E-state index in [1.54, 1.807) is 18.2 Å². The lowest BCUT2D eigenvalue weighted by molar-refractivity contribution is -0.135. The molecule has 0 spiro atoms. The smallest absolute Gasteiger partial charge is 0.491 e. The molecule has 0 bridgehead atoms. The Morgan fingerprint density at radius 2 is 1.22 bits per heavy atom. The number of hydrogen-bond acceptors (Lipinski definition) is 6. The molecular weight excluding hydrogens is 751 g/mol. The molecule has 0 radical (unpaired) electrons. The summed E-state index contributed by atoms with van der Waals surface area (Å²) in [5.74, 6) is 0.479. The van der Waals surface area contributed by atoms with E-state index >= 15 is 4.39 Å². The maximum absolute atomic E-state index is 15.2. The highest BCUT2D eigenvalue weighted by Gasteiger charge is 2.54. The van der Waals surface area contributed by atoms with Gasteiger partial charge in [-0.05, 0) is 139 Å². The molecule has 1 aliphatic heterocycles. The van der Waals surface area contributed by atoms with Gasteiger partial charge in [0.2, 0.25) is 0 Å². The van der Waals surface area contributed by atoms with Crippen LogP contribution in [0.2, 0.25) is 0 Å². The Morgan fingerprint density at radius 3 is 1.81 bits per heavy atom. The Balaban J connectivity index is 1.23. The molecule has 0 amide bonds. The summed E-state index contributed by atoms with van der Waals surface area (Å²) in [5, 5.41) is 1.59. The van der Waals surface area contributed by atoms with Crippen molar-refractivity contribution in [2.24, 2.45) is 0 Å². The SMILES string of the molecule is Cc1ccc2c(c1)C(C)(C)c1c3c(c4cc(F)ccc4c1-2)OC(c1ccc(F)cc1)(c1ccc(OCCO[Si](OC(C)(C)C)(OC(C)(C)C)OC(C)(C)C)cc1)C=C3. The molecule has 6 nitrogen and oxygen atoms in total. The Morgan fingerprint density at radius 1 is 0.655 bits per heavy atom. The number of ether oxygens (including phenoxy) is 2. The number of aryl methyl sites for hydroxylation is 1. The summed E-state index contributed by atoms with van der Waals surface area (Å²) >= 11 is 0. The molecule has 58 heavy (non-hydrogen) atoms. The zero-order valence-corrected chi connectivity index (χ0v) is 36.9. The minimum absolute atomic E-state index is 0.159. The van der Waals surface area contributed by atoms with Gasteiger partial charge in [0, 0.05) is 27.5 Å². The number of rotatable bonds is 10. The minimum Gasteiger partial charge on any atom is -0.491 e. The summed E-state index contributed by atoms with van der Waals surface area (Å²) in [7, 11) is -3.67. The van der Waals surface area contributed by atoms with E-state index in [-0.39, 0.29) is 30.3 Å². The van der Waals surface area contributed by atoms with Crippen LogP contribution in [0.3, 0.4) is 0 Å². The molecule has 1 aliphatic carbocycles. The molecule has 2 aliphatic rings. The van der Waals surface area contributed by atoms with Gasteiger partial charge in [-0.25, -0.2) is 8.78 Å². The van der Waals surface area contributed by atoms with Gasteiger partial charge in [0.05, 0.1) is 23.4 Å². The van der Waals surface area contributed by atoms with Gasteiger partial charge in [-0.15, -0.1) is 0 Å². The van der Waals surface area contributed by atoms with Crippen molar-refractivity contribution >= 4 is 25.9 Å². The van der Waals surface area contributed by atoms with Crippen LogP contribution in [0.4, 0.5) is 8.78 Å². The lowest BCUT2D eigenvalue weighted by atomic mass is 9.76. The monoisotopic (exact) mass is 806 g/mol. The number of fused-ring (bicyclic) bond motifs is 8. The van der Waals surface area contributed by atoms with E-state index in [0.29, 0.717) is 16.9 Å². The molecule has 5 aromatic carbocycles. The largest absolute Gasteiger partial charge is 0.681 e. The number of halogens is 2. The third-order valence-corrected chi connectivity index (χ3v) is 13.4. The Bertz CT molecular complexity index is 2330. The topological polar surface area (TPSA) is 55.4 Å². The highest BCUT2D eigenvalue weighted by molar-refractivity contribution is 6.54. The summed E-state index contributed by atoms with van der Waals surface area (Å²) < 4.78 is 68.9. The highest BCUT2D eigenvalue weighted by Crippen LogP contribution is 2.58. The number of hydrogen-bond donors (Lipinski definition) is 0. The summed E-state index contributed by atoms with van der Waals surface area (Å²) in [6.07, 6.45) is 4.13. The van der Waals surface area contributed by atoms with Crippen molar-refractivity contribution in [1.82, 2.24) is 0 Å². The van der Waals surface area contributed by atoms with Crippen molar-refractivity contribution in [3.8, 4) is 22.6 Å². The van der Waals surface area contributed by atoms with Crippen molar-refractivity contribution in [1.29, 1.82) is 0 Å². The van der Waals surface area contributed by atoms with E-state index in [0.717, 1.165) is 38.8 Å². The van der Waals surface area contributed by atoms with Crippen molar-refractivity contribution < 1.29 is 36.0 Å². The third-order valence-electron chi connectivity index (χ3n) is 10.2. The Labute approximate surface area is 343 Å². The summed E-state index contributed by atoms with van der Waals surface area (Å²) in [6.45, 7) is 24.5. The lowest BCUT2D eigenvalue weighted by Crippen LogP contribution is -2.59. The zero-order chi connectivity index (χ0) is 42.1. The van der Waals surface area contributed by atoms with E-state index in [4.69, 9.17) is 27.2 Å². The van der Waals surface area contributed by atoms with Gasteiger partial charge in [-0.1, -0.05) is 74.0 Å². The second-order valence-corrected chi connectivity index (χ2v) is 20.8. The fourth-order valence-corrected chi connectivity index (χ4v) is 11.0. The van der Waals surface area contributed by atoms with Crippen LogP contribution in [-0.4, -0.2) is 39.1 Å². The van der Waals surface area contributed by atoms with E-state index in [2.05, 4.69) is 45.0 Å². The average Bonchev–Trinajstić information content (AvgIpc) is 3.34. The van der Waals surface area contributed by atoms with Gasteiger partial charge in [0.25, 0.3) is 0 Å². The fourth-order valence-electron chi connectivity index (χ4n) is 8.15. The van der Waals surface area contributed by atoms with Crippen molar-refractivity contribution in [3.63, 3.8) is 0 Å². The van der Waals surface area contributed by atoms with Gasteiger partial charge < -0.3 is 27.2 Å². The lowest BCUT2D eigenvalue weighted by Gasteiger charge is -2.41. The highest BCUT2D eigenvalue weighted by atomic mass is 28.4. The second-order valence-electron chi connectivity index (χ2n) is 18.9. The first-order valence-corrected chi connectivity index (χ1v) is 21.7. The average molecular weight is 807 g/mol. The van der Waals surface area contributed by atoms with Gasteiger partial charge >= 0.3 is 9.05 Å². The molecule has 0 N–H and O–H groups in total. The number of benzene rings is 5. The van der Waals surface area contributed by atoms with Crippen LogP contribution in [0.5, 0.6) is 11.5 Å². The fraction of sp³-hybridized carbons (Fsp3) is 0.388. The zero-order valence-electron chi connectivity index (χ0n) is 35.9. The first-order chi connectivity index (χ1) is 27.0. The summed E-state index contributed by atoms with van der Waals surface area (Å²) in [6, 6.07) is 25.5. The van der Waals surface area contributed by atoms with Gasteiger partial charge in [-0.3, -0.25) is 0 Å². The Hall–Kier alpha value is -4.38. The van der Waals surface area contributed by atoms with E-state index in [9.17, 15) is 4.39 Å². The molecule has 0 saturated carbocycles. The molecule has 306 valence electrons. The normalized spacial score (nSPS) is 17.5. The minimum atomic E-state index is -3.67. The molecule has 5 aromatic rings. The van der Waals surface area contributed by atoms with Crippen molar-refractivity contribution in [2.75, 3.05) is 13.2 Å². The van der Waals surface area contributed by atoms with Gasteiger partial charge in [0.1, 0.15) is 29.7 Å². The Kier molecular flexibility index (Phi) is 10.6. The standard InChI is InChI=1S/C49H56F2O6Si/c1-31-13-23-38-41(29-31)48(11,12)43-39-25-26-49(32-14-18-34(50)19-15-32,54-44(39)40-30-35(51)20-24-37(40)42(38)43)33-16-21-36(22-17-33)52-27-28-53-58(55-45(2,3)4,56-46(5,6)7)57-47(8,9)10/h13-26,29-30H,27-28H2,1-12H3. The van der Waals surface area contributed by atoms with Crippen LogP contribution < -0.4 is 9.47 Å². The van der Waals surface area contributed by atoms with Crippen LogP contribution in [0, 0.1) is 18.6 Å². The molecule has 7 rings (SSSR count). The predicted molar refractivity (Wildman–Crippen MR) is 229 cm³/mol. The molecule has 1 atom stereocenters. The van der Waals surface area contributed by atoms with Gasteiger partial charge in [0.15, 0.2) is 5.60 Å². The van der Waals surface area contributed by atoms with E-state index < -0.39 is 31.5 Å². The van der Waals surface area contributed by atoms with Crippen LogP contribution in [0.1, 0.15) is 110 Å². The molecule has 1 heterocycles. The summed E-state index contributed by atoms with van der Waals surface area (Å²) in [4.78, 5) is 0. The van der Waals surface area contributed by atoms with Crippen LogP contribution in [-0.2, 0) is 28.7 Å². The quantitative estimate of drug-likeness (QED) is 0.103. The molecule has 0 aromatic heterocycles. The van der Waals surface area contributed by atoms with Crippen LogP contribution in [0.15, 0.2) is 91.0 Å². The van der Waals surface area contributed by atoms with Crippen LogP contribution >= 0.6 is 0 Å². The molecule has 1 unspecified atom stereocenters. The predicted octanol–water partition coefficient (Wildman–Crippen LogP) is 12.4. The van der Waals surface area contributed by atoms with Crippen molar-refractivity contribution in [3.05, 3.63) is 136 Å². The molecular formula is C49H56F2O6Si.